The van der Waals surface area contributed by atoms with Gasteiger partial charge in [-0.05, 0) is 51.8 Å². The number of fused-ring (bicyclic) bond motifs is 1. The van der Waals surface area contributed by atoms with Gasteiger partial charge in [0, 0.05) is 30.1 Å². The van der Waals surface area contributed by atoms with Gasteiger partial charge in [0.15, 0.2) is 10.9 Å². The van der Waals surface area contributed by atoms with Gasteiger partial charge in [-0.2, -0.15) is 0 Å². The van der Waals surface area contributed by atoms with Crippen LogP contribution in [0.15, 0.2) is 40.3 Å². The molecule has 0 amide bonds. The van der Waals surface area contributed by atoms with Gasteiger partial charge in [0.1, 0.15) is 0 Å². The third-order valence-corrected chi connectivity index (χ3v) is 7.38. The Labute approximate surface area is 193 Å². The van der Waals surface area contributed by atoms with E-state index in [4.69, 9.17) is 9.72 Å². The number of rotatable bonds is 8. The highest BCUT2D eigenvalue weighted by Gasteiger charge is 2.24. The van der Waals surface area contributed by atoms with Crippen molar-refractivity contribution in [2.45, 2.75) is 63.7 Å². The molecule has 32 heavy (non-hydrogen) atoms. The van der Waals surface area contributed by atoms with Crippen LogP contribution in [0.2, 0.25) is 0 Å². The molecule has 170 valence electrons. The summed E-state index contributed by atoms with van der Waals surface area (Å²) in [5, 5.41) is 1.29. The van der Waals surface area contributed by atoms with Crippen molar-refractivity contribution in [2.24, 2.45) is 0 Å². The Bertz CT molecular complexity index is 1190. The molecule has 4 rings (SSSR count). The first kappa shape index (κ1) is 22.8. The van der Waals surface area contributed by atoms with E-state index in [-0.39, 0.29) is 29.2 Å². The van der Waals surface area contributed by atoms with E-state index < -0.39 is 0 Å². The highest BCUT2D eigenvalue weighted by Crippen LogP contribution is 2.32. The number of ether oxygens (including phenoxy) is 1. The van der Waals surface area contributed by atoms with Gasteiger partial charge in [0.05, 0.1) is 29.3 Å². The SMILES string of the molecule is COC[C@@H](C)n1c(C)cc(C(=O)CSc2nc3ccccc3c(=O)n2C2CCCC2)c1C. The van der Waals surface area contributed by atoms with E-state index >= 15 is 0 Å². The fraction of sp³-hybridized carbons (Fsp3) is 0.480. The Morgan fingerprint density at radius 1 is 1.25 bits per heavy atom. The summed E-state index contributed by atoms with van der Waals surface area (Å²) in [5.74, 6) is 0.305. The van der Waals surface area contributed by atoms with Gasteiger partial charge in [0.25, 0.3) is 5.56 Å². The van der Waals surface area contributed by atoms with Gasteiger partial charge in [0.2, 0.25) is 0 Å². The van der Waals surface area contributed by atoms with Crippen molar-refractivity contribution in [1.29, 1.82) is 0 Å². The molecule has 0 spiro atoms. The lowest BCUT2D eigenvalue weighted by Gasteiger charge is -2.19. The summed E-state index contributed by atoms with van der Waals surface area (Å²) in [7, 11) is 1.69. The van der Waals surface area contributed by atoms with Crippen molar-refractivity contribution in [3.8, 4) is 0 Å². The van der Waals surface area contributed by atoms with E-state index in [1.807, 2.05) is 48.7 Å². The first-order valence-electron chi connectivity index (χ1n) is 11.3. The topological polar surface area (TPSA) is 66.1 Å². The van der Waals surface area contributed by atoms with Crippen molar-refractivity contribution in [3.63, 3.8) is 0 Å². The summed E-state index contributed by atoms with van der Waals surface area (Å²) in [6.07, 6.45) is 4.22. The Kier molecular flexibility index (Phi) is 6.86. The molecule has 1 aliphatic rings. The molecule has 2 aromatic heterocycles. The van der Waals surface area contributed by atoms with Crippen molar-refractivity contribution in [1.82, 2.24) is 14.1 Å². The summed E-state index contributed by atoms with van der Waals surface area (Å²) in [6.45, 7) is 6.69. The number of hydrogen-bond acceptors (Lipinski definition) is 5. The fourth-order valence-corrected chi connectivity index (χ4v) is 5.92. The van der Waals surface area contributed by atoms with Crippen molar-refractivity contribution in [2.75, 3.05) is 19.5 Å². The lowest BCUT2D eigenvalue weighted by Crippen LogP contribution is -2.26. The Balaban J connectivity index is 1.63. The number of carbonyl (C=O) groups is 1. The standard InChI is InChI=1S/C25H31N3O3S/c1-16-13-21(18(3)27(16)17(2)14-31-4)23(29)15-32-25-26-22-12-8-7-11-20(22)24(30)28(25)19-9-5-6-10-19/h7-8,11-13,17,19H,5-6,9-10,14-15H2,1-4H3/t17-/m1/s1. The van der Waals surface area contributed by atoms with Crippen molar-refractivity contribution >= 4 is 28.4 Å². The average Bonchev–Trinajstić information content (AvgIpc) is 3.40. The second-order valence-corrected chi connectivity index (χ2v) is 9.64. The van der Waals surface area contributed by atoms with Crippen LogP contribution in [0.3, 0.4) is 0 Å². The summed E-state index contributed by atoms with van der Waals surface area (Å²) < 4.78 is 9.30. The zero-order chi connectivity index (χ0) is 22.8. The Hall–Kier alpha value is -2.38. The third kappa shape index (κ3) is 4.28. The number of hydrogen-bond donors (Lipinski definition) is 0. The minimum absolute atomic E-state index is 0.00372. The molecule has 0 N–H and O–H groups in total. The molecule has 1 fully saturated rings. The Morgan fingerprint density at radius 2 is 1.97 bits per heavy atom. The lowest BCUT2D eigenvalue weighted by atomic mass is 10.2. The predicted molar refractivity (Wildman–Crippen MR) is 129 cm³/mol. The van der Waals surface area contributed by atoms with E-state index in [0.717, 1.165) is 42.6 Å². The van der Waals surface area contributed by atoms with E-state index in [1.165, 1.54) is 11.8 Å². The molecule has 7 heteroatoms. The van der Waals surface area contributed by atoms with Gasteiger partial charge in [-0.3, -0.25) is 14.2 Å². The van der Waals surface area contributed by atoms with Crippen LogP contribution in [-0.4, -0.2) is 39.4 Å². The van der Waals surface area contributed by atoms with Crippen molar-refractivity contribution in [3.05, 3.63) is 57.6 Å². The molecule has 1 saturated carbocycles. The molecule has 6 nitrogen and oxygen atoms in total. The second kappa shape index (κ2) is 9.63. The molecule has 0 bridgehead atoms. The van der Waals surface area contributed by atoms with Gasteiger partial charge in [-0.1, -0.05) is 36.7 Å². The third-order valence-electron chi connectivity index (χ3n) is 6.43. The van der Waals surface area contributed by atoms with Crippen LogP contribution >= 0.6 is 11.8 Å². The van der Waals surface area contributed by atoms with Crippen LogP contribution < -0.4 is 5.56 Å². The van der Waals surface area contributed by atoms with Crippen LogP contribution in [0.25, 0.3) is 10.9 Å². The minimum Gasteiger partial charge on any atom is -0.383 e. The fourth-order valence-electron chi connectivity index (χ4n) is 4.97. The largest absolute Gasteiger partial charge is 0.383 e. The lowest BCUT2D eigenvalue weighted by molar-refractivity contribution is 0.102. The quantitative estimate of drug-likeness (QED) is 0.269. The average molecular weight is 454 g/mol. The second-order valence-electron chi connectivity index (χ2n) is 8.70. The number of benzene rings is 1. The molecule has 3 aromatic rings. The van der Waals surface area contributed by atoms with Crippen LogP contribution in [0, 0.1) is 13.8 Å². The number of para-hydroxylation sites is 1. The predicted octanol–water partition coefficient (Wildman–Crippen LogP) is 5.11. The number of thioether (sulfide) groups is 1. The summed E-state index contributed by atoms with van der Waals surface area (Å²) in [4.78, 5) is 31.3. The highest BCUT2D eigenvalue weighted by molar-refractivity contribution is 7.99. The van der Waals surface area contributed by atoms with Gasteiger partial charge in [-0.25, -0.2) is 4.98 Å². The number of Topliss-reactive ketones (excluding diaryl/α,β-unsaturated/α-hetero) is 1. The minimum atomic E-state index is 0.00372. The summed E-state index contributed by atoms with van der Waals surface area (Å²) in [5.41, 5.74) is 3.43. The van der Waals surface area contributed by atoms with Crippen LogP contribution in [-0.2, 0) is 4.74 Å². The first-order chi connectivity index (χ1) is 15.4. The first-order valence-corrected chi connectivity index (χ1v) is 12.3. The van der Waals surface area contributed by atoms with Gasteiger partial charge < -0.3 is 9.30 Å². The van der Waals surface area contributed by atoms with E-state index in [0.29, 0.717) is 22.7 Å². The summed E-state index contributed by atoms with van der Waals surface area (Å²) >= 11 is 1.38. The van der Waals surface area contributed by atoms with E-state index in [1.54, 1.807) is 7.11 Å². The van der Waals surface area contributed by atoms with Gasteiger partial charge in [-0.15, -0.1) is 0 Å². The van der Waals surface area contributed by atoms with E-state index in [9.17, 15) is 9.59 Å². The monoisotopic (exact) mass is 453 g/mol. The molecule has 1 atom stereocenters. The van der Waals surface area contributed by atoms with Crippen LogP contribution in [0.4, 0.5) is 0 Å². The Morgan fingerprint density at radius 3 is 2.69 bits per heavy atom. The molecule has 1 aromatic carbocycles. The molecular weight excluding hydrogens is 422 g/mol. The highest BCUT2D eigenvalue weighted by atomic mass is 32.2. The molecule has 0 radical (unpaired) electrons. The molecular formula is C25H31N3O3S. The number of ketones is 1. The molecule has 0 saturated heterocycles. The molecule has 2 heterocycles. The number of carbonyl (C=O) groups excluding carboxylic acids is 1. The maximum absolute atomic E-state index is 13.3. The number of aromatic nitrogens is 3. The normalized spacial score (nSPS) is 15.5. The van der Waals surface area contributed by atoms with E-state index in [2.05, 4.69) is 11.5 Å². The number of nitrogens with zero attached hydrogens (tertiary/aromatic N) is 3. The number of methoxy groups -OCH3 is 1. The smallest absolute Gasteiger partial charge is 0.262 e. The maximum atomic E-state index is 13.3. The zero-order valence-corrected chi connectivity index (χ0v) is 20.1. The summed E-state index contributed by atoms with van der Waals surface area (Å²) in [6, 6.07) is 9.76. The maximum Gasteiger partial charge on any atom is 0.262 e. The number of aryl methyl sites for hydroxylation is 1. The molecule has 0 aliphatic heterocycles. The molecule has 0 unspecified atom stereocenters. The van der Waals surface area contributed by atoms with Crippen LogP contribution in [0.1, 0.15) is 66.4 Å². The molecule has 1 aliphatic carbocycles. The zero-order valence-electron chi connectivity index (χ0n) is 19.3. The van der Waals surface area contributed by atoms with Gasteiger partial charge >= 0.3 is 0 Å². The van der Waals surface area contributed by atoms with Crippen molar-refractivity contribution < 1.29 is 9.53 Å². The van der Waals surface area contributed by atoms with Crippen LogP contribution in [0.5, 0.6) is 0 Å².